The van der Waals surface area contributed by atoms with Crippen LogP contribution in [0.15, 0.2) is 48.9 Å². The van der Waals surface area contributed by atoms with Gasteiger partial charge in [0.05, 0.1) is 15.9 Å². The van der Waals surface area contributed by atoms with E-state index < -0.39 is 5.60 Å². The summed E-state index contributed by atoms with van der Waals surface area (Å²) >= 11 is 1.41. The van der Waals surface area contributed by atoms with Gasteiger partial charge in [-0.15, -0.1) is 0 Å². The van der Waals surface area contributed by atoms with Crippen molar-refractivity contribution in [2.24, 2.45) is 0 Å². The summed E-state index contributed by atoms with van der Waals surface area (Å²) in [7, 11) is 0. The van der Waals surface area contributed by atoms with Gasteiger partial charge < -0.3 is 10.4 Å². The number of pyridine rings is 1. The third kappa shape index (κ3) is 3.98. The number of thiazole rings is 1. The van der Waals surface area contributed by atoms with E-state index in [4.69, 9.17) is 0 Å². The average molecular weight is 405 g/mol. The quantitative estimate of drug-likeness (QED) is 0.532. The van der Waals surface area contributed by atoms with Crippen LogP contribution in [0.5, 0.6) is 0 Å². The summed E-state index contributed by atoms with van der Waals surface area (Å²) in [5.74, 6) is 0.188. The van der Waals surface area contributed by atoms with Gasteiger partial charge in [0.1, 0.15) is 5.60 Å². The Hall–Kier alpha value is -3.23. The predicted molar refractivity (Wildman–Crippen MR) is 113 cm³/mol. The molecule has 0 atom stereocenters. The van der Waals surface area contributed by atoms with Gasteiger partial charge in [0, 0.05) is 36.6 Å². The first-order valence-corrected chi connectivity index (χ1v) is 9.82. The smallest absolute Gasteiger partial charge is 0.223 e. The van der Waals surface area contributed by atoms with Crippen molar-refractivity contribution >= 4 is 32.6 Å². The lowest BCUT2D eigenvalue weighted by atomic mass is 10.0. The fraction of sp³-hybridized carbons (Fsp3) is 0.190. The second-order valence-electron chi connectivity index (χ2n) is 7.14. The molecule has 0 saturated carbocycles. The van der Waals surface area contributed by atoms with Crippen LogP contribution in [0.25, 0.3) is 32.6 Å². The molecule has 0 radical (unpaired) electrons. The van der Waals surface area contributed by atoms with Crippen molar-refractivity contribution in [1.82, 2.24) is 19.9 Å². The second kappa shape index (κ2) is 7.31. The number of aliphatic hydroxyl groups is 1. The number of carbonyl (C=O) groups is 1. The molecule has 0 unspecified atom stereocenters. The Morgan fingerprint density at radius 1 is 1.10 bits per heavy atom. The molecular formula is C21H19N5O2S. The molecule has 0 bridgehead atoms. The molecule has 0 saturated heterocycles. The third-order valence-electron chi connectivity index (χ3n) is 4.25. The summed E-state index contributed by atoms with van der Waals surface area (Å²) in [6, 6.07) is 9.68. The number of hydrogen-bond donors (Lipinski definition) is 2. The monoisotopic (exact) mass is 405 g/mol. The van der Waals surface area contributed by atoms with E-state index in [0.717, 1.165) is 32.6 Å². The van der Waals surface area contributed by atoms with Crippen molar-refractivity contribution in [1.29, 1.82) is 0 Å². The zero-order chi connectivity index (χ0) is 20.6. The molecule has 29 heavy (non-hydrogen) atoms. The van der Waals surface area contributed by atoms with E-state index in [1.54, 1.807) is 32.4 Å². The van der Waals surface area contributed by atoms with Gasteiger partial charge in [0.25, 0.3) is 0 Å². The number of carbonyl (C=O) groups excluding carboxylic acids is 1. The number of rotatable bonds is 4. The lowest BCUT2D eigenvalue weighted by molar-refractivity contribution is -0.114. The highest BCUT2D eigenvalue weighted by molar-refractivity contribution is 7.22. The van der Waals surface area contributed by atoms with Crippen molar-refractivity contribution in [2.45, 2.75) is 26.4 Å². The van der Waals surface area contributed by atoms with Crippen molar-refractivity contribution in [3.8, 4) is 22.4 Å². The standard InChI is InChI=1S/C21H19N5O2S/c1-12(27)25-20-26-17-9-13(14-10-23-19(24-11-14)21(2,3)28)8-15(18(17)29-20)16-6-4-5-7-22-16/h4-11,28H,1-3H3,(H,25,26,27). The van der Waals surface area contributed by atoms with Gasteiger partial charge in [0.15, 0.2) is 11.0 Å². The van der Waals surface area contributed by atoms with Gasteiger partial charge in [-0.25, -0.2) is 15.0 Å². The molecule has 0 aliphatic heterocycles. The number of aromatic nitrogens is 4. The zero-order valence-electron chi connectivity index (χ0n) is 16.2. The van der Waals surface area contributed by atoms with Crippen molar-refractivity contribution < 1.29 is 9.90 Å². The lowest BCUT2D eigenvalue weighted by Crippen LogP contribution is -2.19. The number of nitrogens with zero attached hydrogens (tertiary/aromatic N) is 4. The Morgan fingerprint density at radius 2 is 1.86 bits per heavy atom. The molecule has 1 aromatic carbocycles. The minimum absolute atomic E-state index is 0.167. The number of fused-ring (bicyclic) bond motifs is 1. The average Bonchev–Trinajstić information content (AvgIpc) is 3.09. The third-order valence-corrected chi connectivity index (χ3v) is 5.27. The topological polar surface area (TPSA) is 101 Å². The molecule has 7 nitrogen and oxygen atoms in total. The van der Waals surface area contributed by atoms with Crippen LogP contribution in [0.1, 0.15) is 26.6 Å². The van der Waals surface area contributed by atoms with Crippen LogP contribution in [0, 0.1) is 0 Å². The molecule has 0 aliphatic rings. The van der Waals surface area contributed by atoms with E-state index in [0.29, 0.717) is 11.0 Å². The molecular weight excluding hydrogens is 386 g/mol. The van der Waals surface area contributed by atoms with Crippen LogP contribution in [0.4, 0.5) is 5.13 Å². The van der Waals surface area contributed by atoms with Crippen LogP contribution in [0.3, 0.4) is 0 Å². The summed E-state index contributed by atoms with van der Waals surface area (Å²) in [5.41, 5.74) is 3.05. The highest BCUT2D eigenvalue weighted by Crippen LogP contribution is 2.38. The molecule has 3 aromatic heterocycles. The normalized spacial score (nSPS) is 11.6. The predicted octanol–water partition coefficient (Wildman–Crippen LogP) is 4.00. The van der Waals surface area contributed by atoms with Gasteiger partial charge in [-0.3, -0.25) is 9.78 Å². The van der Waals surface area contributed by atoms with Crippen LogP contribution < -0.4 is 5.32 Å². The molecule has 4 rings (SSSR count). The lowest BCUT2D eigenvalue weighted by Gasteiger charge is -2.15. The summed E-state index contributed by atoms with van der Waals surface area (Å²) in [6.07, 6.45) is 5.11. The molecule has 146 valence electrons. The number of nitrogens with one attached hydrogen (secondary N) is 1. The Morgan fingerprint density at radius 3 is 2.48 bits per heavy atom. The first-order chi connectivity index (χ1) is 13.8. The summed E-state index contributed by atoms with van der Waals surface area (Å²) in [5, 5.41) is 13.4. The molecule has 0 fully saturated rings. The first-order valence-electron chi connectivity index (χ1n) is 9.00. The molecule has 1 amide bonds. The first kappa shape index (κ1) is 19.1. The van der Waals surface area contributed by atoms with Crippen molar-refractivity contribution in [3.63, 3.8) is 0 Å². The highest BCUT2D eigenvalue weighted by atomic mass is 32.1. The largest absolute Gasteiger partial charge is 0.382 e. The van der Waals surface area contributed by atoms with Crippen molar-refractivity contribution in [2.75, 3.05) is 5.32 Å². The Balaban J connectivity index is 1.88. The van der Waals surface area contributed by atoms with E-state index in [2.05, 4.69) is 25.3 Å². The van der Waals surface area contributed by atoms with E-state index in [-0.39, 0.29) is 5.91 Å². The van der Waals surface area contributed by atoms with Crippen LogP contribution >= 0.6 is 11.3 Å². The maximum absolute atomic E-state index is 11.5. The number of hydrogen-bond acceptors (Lipinski definition) is 7. The van der Waals surface area contributed by atoms with Crippen LogP contribution in [-0.2, 0) is 10.4 Å². The summed E-state index contributed by atoms with van der Waals surface area (Å²) < 4.78 is 0.935. The number of amides is 1. The van der Waals surface area contributed by atoms with Crippen LogP contribution in [0.2, 0.25) is 0 Å². The molecule has 4 aromatic rings. The zero-order valence-corrected chi connectivity index (χ0v) is 17.0. The molecule has 2 N–H and O–H groups in total. The van der Waals surface area contributed by atoms with Gasteiger partial charge in [-0.2, -0.15) is 0 Å². The maximum atomic E-state index is 11.5. The number of anilines is 1. The Bertz CT molecular complexity index is 1180. The Labute approximate surface area is 171 Å². The summed E-state index contributed by atoms with van der Waals surface area (Å²) in [4.78, 5) is 29.1. The molecule has 0 spiro atoms. The Kier molecular flexibility index (Phi) is 4.81. The second-order valence-corrected chi connectivity index (χ2v) is 8.14. The van der Waals surface area contributed by atoms with E-state index in [1.807, 2.05) is 30.3 Å². The van der Waals surface area contributed by atoms with Gasteiger partial charge in [-0.05, 0) is 43.7 Å². The maximum Gasteiger partial charge on any atom is 0.223 e. The SMILES string of the molecule is CC(=O)Nc1nc2cc(-c3cnc(C(C)(C)O)nc3)cc(-c3ccccn3)c2s1. The van der Waals surface area contributed by atoms with E-state index >= 15 is 0 Å². The van der Waals surface area contributed by atoms with Crippen LogP contribution in [-0.4, -0.2) is 30.9 Å². The molecule has 0 aliphatic carbocycles. The molecule has 3 heterocycles. The minimum Gasteiger partial charge on any atom is -0.382 e. The fourth-order valence-corrected chi connectivity index (χ4v) is 3.92. The molecule has 8 heteroatoms. The fourth-order valence-electron chi connectivity index (χ4n) is 2.91. The van der Waals surface area contributed by atoms with Gasteiger partial charge in [-0.1, -0.05) is 17.4 Å². The minimum atomic E-state index is -1.11. The van der Waals surface area contributed by atoms with Gasteiger partial charge in [0.2, 0.25) is 5.91 Å². The highest BCUT2D eigenvalue weighted by Gasteiger charge is 2.20. The van der Waals surface area contributed by atoms with Crippen molar-refractivity contribution in [3.05, 3.63) is 54.7 Å². The number of benzene rings is 1. The van der Waals surface area contributed by atoms with E-state index in [9.17, 15) is 9.90 Å². The van der Waals surface area contributed by atoms with E-state index in [1.165, 1.54) is 18.3 Å². The summed E-state index contributed by atoms with van der Waals surface area (Å²) in [6.45, 7) is 4.75. The van der Waals surface area contributed by atoms with Gasteiger partial charge >= 0.3 is 0 Å².